The highest BCUT2D eigenvalue weighted by molar-refractivity contribution is 6.29. The average Bonchev–Trinajstić information content (AvgIpc) is 3.04. The maximum atomic E-state index is 13.0. The molecule has 0 amide bonds. The first-order chi connectivity index (χ1) is 15.1. The summed E-state index contributed by atoms with van der Waals surface area (Å²) < 4.78 is 5.91. The number of carbonyl (C=O) groups excluding carboxylic acids is 4. The van der Waals surface area contributed by atoms with Crippen molar-refractivity contribution >= 4 is 23.8 Å². The Balaban J connectivity index is 1.70. The van der Waals surface area contributed by atoms with Gasteiger partial charge in [0.25, 0.3) is 0 Å². The number of hydrogen-bond donors (Lipinski definition) is 1. The van der Waals surface area contributed by atoms with Gasteiger partial charge in [-0.15, -0.1) is 0 Å². The predicted molar refractivity (Wildman–Crippen MR) is 118 cm³/mol. The number of unbranched alkanes of at least 4 members (excludes halogenated alkanes) is 1. The van der Waals surface area contributed by atoms with Crippen LogP contribution in [0, 0.1) is 28.6 Å². The zero-order valence-electron chi connectivity index (χ0n) is 19.5. The number of aldehydes is 1. The molecule has 0 heterocycles. The molecule has 0 aromatic rings. The Labute approximate surface area is 190 Å². The summed E-state index contributed by atoms with van der Waals surface area (Å²) in [6.45, 7) is 6.10. The first-order valence-electron chi connectivity index (χ1n) is 12.3. The van der Waals surface area contributed by atoms with E-state index in [1.165, 1.54) is 0 Å². The third-order valence-corrected chi connectivity index (χ3v) is 9.54. The summed E-state index contributed by atoms with van der Waals surface area (Å²) in [7, 11) is 0. The molecule has 6 heteroatoms. The number of aliphatic hydroxyl groups excluding tert-OH is 1. The Morgan fingerprint density at radius 2 is 1.97 bits per heavy atom. The van der Waals surface area contributed by atoms with E-state index in [0.717, 1.165) is 31.3 Å². The van der Waals surface area contributed by atoms with Crippen LogP contribution in [0.2, 0.25) is 0 Å². The van der Waals surface area contributed by atoms with E-state index in [1.54, 1.807) is 6.08 Å². The molecule has 0 radical (unpaired) electrons. The molecule has 0 aromatic heterocycles. The van der Waals surface area contributed by atoms with Gasteiger partial charge in [-0.1, -0.05) is 32.8 Å². The standard InChI is InChI=1S/C26H36O6/c1-4-5-6-22(31)32-26(21(30)15-27)12-10-19-18-8-7-16-13-17(28)9-11-24(16,2)23(18)20(29)14-25(19,26)3/h13,15,18-20,23,29H,4-12,14H2,1-3H3/t18-,19+,20+,23-,24+,25+,26+/m1/s1. The molecule has 4 aliphatic rings. The highest BCUT2D eigenvalue weighted by Crippen LogP contribution is 2.68. The summed E-state index contributed by atoms with van der Waals surface area (Å²) in [6.07, 6.45) is 7.37. The van der Waals surface area contributed by atoms with Crippen LogP contribution in [-0.4, -0.2) is 40.6 Å². The molecule has 0 aromatic carbocycles. The van der Waals surface area contributed by atoms with Crippen molar-refractivity contribution in [1.82, 2.24) is 0 Å². The number of fused-ring (bicyclic) bond motifs is 5. The number of rotatable bonds is 6. The van der Waals surface area contributed by atoms with E-state index >= 15 is 0 Å². The number of ether oxygens (including phenoxy) is 1. The van der Waals surface area contributed by atoms with Gasteiger partial charge in [-0.05, 0) is 74.2 Å². The second kappa shape index (κ2) is 8.19. The number of Topliss-reactive ketones (excluding diaryl/α,β-unsaturated/α-hetero) is 1. The Morgan fingerprint density at radius 3 is 2.66 bits per heavy atom. The summed E-state index contributed by atoms with van der Waals surface area (Å²) in [6, 6.07) is 0. The molecule has 0 aliphatic heterocycles. The second-order valence-corrected chi connectivity index (χ2v) is 11.0. The van der Waals surface area contributed by atoms with Gasteiger partial charge in [0.15, 0.2) is 17.7 Å². The molecular formula is C26H36O6. The lowest BCUT2D eigenvalue weighted by atomic mass is 9.45. The lowest BCUT2D eigenvalue weighted by molar-refractivity contribution is -0.200. The number of aliphatic hydroxyl groups is 1. The van der Waals surface area contributed by atoms with E-state index in [-0.39, 0.29) is 35.4 Å². The van der Waals surface area contributed by atoms with Crippen molar-refractivity contribution in [2.45, 2.75) is 96.7 Å². The summed E-state index contributed by atoms with van der Waals surface area (Å²) in [5, 5.41) is 11.5. The van der Waals surface area contributed by atoms with Gasteiger partial charge < -0.3 is 9.84 Å². The maximum absolute atomic E-state index is 13.0. The monoisotopic (exact) mass is 444 g/mol. The summed E-state index contributed by atoms with van der Waals surface area (Å²) in [5.41, 5.74) is -1.35. The number of ketones is 2. The first-order valence-corrected chi connectivity index (χ1v) is 12.3. The van der Waals surface area contributed by atoms with E-state index in [4.69, 9.17) is 4.74 Å². The average molecular weight is 445 g/mol. The fraction of sp³-hybridized carbons (Fsp3) is 0.769. The topological polar surface area (TPSA) is 97.7 Å². The third kappa shape index (κ3) is 3.24. The number of hydrogen-bond acceptors (Lipinski definition) is 6. The van der Waals surface area contributed by atoms with Crippen molar-refractivity contribution in [2.24, 2.45) is 28.6 Å². The predicted octanol–water partition coefficient (Wildman–Crippen LogP) is 3.73. The van der Waals surface area contributed by atoms with Gasteiger partial charge in [0.1, 0.15) is 0 Å². The van der Waals surface area contributed by atoms with Crippen LogP contribution in [0.25, 0.3) is 0 Å². The van der Waals surface area contributed by atoms with Gasteiger partial charge in [-0.3, -0.25) is 19.2 Å². The molecule has 4 rings (SSSR count). The molecule has 32 heavy (non-hydrogen) atoms. The maximum Gasteiger partial charge on any atom is 0.306 e. The van der Waals surface area contributed by atoms with Crippen LogP contribution >= 0.6 is 0 Å². The molecule has 6 nitrogen and oxygen atoms in total. The zero-order chi connectivity index (χ0) is 23.3. The molecule has 4 aliphatic carbocycles. The molecule has 3 saturated carbocycles. The van der Waals surface area contributed by atoms with E-state index < -0.39 is 28.9 Å². The Kier molecular flexibility index (Phi) is 5.98. The smallest absolute Gasteiger partial charge is 0.306 e. The van der Waals surface area contributed by atoms with Gasteiger partial charge in [-0.2, -0.15) is 0 Å². The highest BCUT2D eigenvalue weighted by Gasteiger charge is 2.70. The normalized spacial score (nSPS) is 42.9. The minimum Gasteiger partial charge on any atom is -0.450 e. The molecule has 0 spiro atoms. The summed E-state index contributed by atoms with van der Waals surface area (Å²) >= 11 is 0. The second-order valence-electron chi connectivity index (χ2n) is 11.0. The van der Waals surface area contributed by atoms with Crippen LogP contribution in [0.15, 0.2) is 11.6 Å². The number of allylic oxidation sites excluding steroid dienone is 1. The molecule has 3 fully saturated rings. The minimum atomic E-state index is -1.49. The number of carbonyl (C=O) groups is 4. The van der Waals surface area contributed by atoms with E-state index in [9.17, 15) is 24.3 Å². The van der Waals surface area contributed by atoms with E-state index in [2.05, 4.69) is 6.92 Å². The van der Waals surface area contributed by atoms with Crippen LogP contribution < -0.4 is 0 Å². The molecule has 1 N–H and O–H groups in total. The molecule has 0 bridgehead atoms. The molecule has 0 unspecified atom stereocenters. The van der Waals surface area contributed by atoms with Crippen molar-refractivity contribution < 1.29 is 29.0 Å². The Hall–Kier alpha value is -1.82. The van der Waals surface area contributed by atoms with Crippen molar-refractivity contribution in [2.75, 3.05) is 0 Å². The van der Waals surface area contributed by atoms with Gasteiger partial charge in [0.2, 0.25) is 5.78 Å². The molecule has 176 valence electrons. The fourth-order valence-corrected chi connectivity index (χ4v) is 7.96. The minimum absolute atomic E-state index is 0.00611. The van der Waals surface area contributed by atoms with Crippen LogP contribution in [0.5, 0.6) is 0 Å². The fourth-order valence-electron chi connectivity index (χ4n) is 7.96. The third-order valence-electron chi connectivity index (χ3n) is 9.54. The van der Waals surface area contributed by atoms with Crippen LogP contribution in [0.3, 0.4) is 0 Å². The highest BCUT2D eigenvalue weighted by atomic mass is 16.6. The van der Waals surface area contributed by atoms with Gasteiger partial charge >= 0.3 is 5.97 Å². The Bertz CT molecular complexity index is 860. The Morgan fingerprint density at radius 1 is 1.22 bits per heavy atom. The van der Waals surface area contributed by atoms with Crippen molar-refractivity contribution in [3.63, 3.8) is 0 Å². The number of esters is 1. The summed E-state index contributed by atoms with van der Waals surface area (Å²) in [5.74, 6) is -0.700. The lowest BCUT2D eigenvalue weighted by Gasteiger charge is -2.60. The van der Waals surface area contributed by atoms with Gasteiger partial charge in [-0.25, -0.2) is 0 Å². The van der Waals surface area contributed by atoms with Crippen molar-refractivity contribution in [3.8, 4) is 0 Å². The van der Waals surface area contributed by atoms with Crippen molar-refractivity contribution in [1.29, 1.82) is 0 Å². The zero-order valence-corrected chi connectivity index (χ0v) is 19.5. The van der Waals surface area contributed by atoms with Crippen LogP contribution in [-0.2, 0) is 23.9 Å². The van der Waals surface area contributed by atoms with Crippen LogP contribution in [0.1, 0.15) is 85.0 Å². The molecule has 0 saturated heterocycles. The quantitative estimate of drug-likeness (QED) is 0.381. The lowest BCUT2D eigenvalue weighted by Crippen LogP contribution is -2.63. The molecular weight excluding hydrogens is 408 g/mol. The van der Waals surface area contributed by atoms with E-state index in [1.807, 2.05) is 13.8 Å². The molecule has 7 atom stereocenters. The van der Waals surface area contributed by atoms with Gasteiger partial charge in [0.05, 0.1) is 6.10 Å². The van der Waals surface area contributed by atoms with Crippen molar-refractivity contribution in [3.05, 3.63) is 11.6 Å². The SMILES string of the molecule is CCCCC(=O)O[C@]1(C(=O)C=O)CC[C@H]2[C@H]3CCC4=CC(=O)CC[C@]4(C)[C@H]3[C@@H](O)C[C@@]21C. The van der Waals surface area contributed by atoms with Crippen LogP contribution in [0.4, 0.5) is 0 Å². The largest absolute Gasteiger partial charge is 0.450 e. The first kappa shape index (κ1) is 23.3. The summed E-state index contributed by atoms with van der Waals surface area (Å²) in [4.78, 5) is 49.4. The van der Waals surface area contributed by atoms with Gasteiger partial charge in [0, 0.05) is 18.3 Å². The van der Waals surface area contributed by atoms with E-state index in [0.29, 0.717) is 38.4 Å².